The van der Waals surface area contributed by atoms with E-state index in [1.165, 1.54) is 11.1 Å². The molecule has 1 heterocycles. The van der Waals surface area contributed by atoms with Crippen LogP contribution in [0.3, 0.4) is 0 Å². The van der Waals surface area contributed by atoms with Crippen molar-refractivity contribution in [2.24, 2.45) is 0 Å². The number of nitrogens with zero attached hydrogens (tertiary/aromatic N) is 2. The van der Waals surface area contributed by atoms with E-state index in [2.05, 4.69) is 36.1 Å². The molecule has 0 spiro atoms. The number of alkyl halides is 1. The van der Waals surface area contributed by atoms with Crippen molar-refractivity contribution in [3.63, 3.8) is 0 Å². The minimum Gasteiger partial charge on any atom is -0.339 e. The lowest BCUT2D eigenvalue weighted by molar-refractivity contribution is -0.130. The standard InChI is InChI=1S/C14H19ClN2O.ClH/c1-12-3-2-4-13(9-12)11-16-5-7-17(8-6-16)14(18)10-15;/h2-4,9H,5-8,10-11H2,1H3;1H. The van der Waals surface area contributed by atoms with Crippen LogP contribution in [0.1, 0.15) is 11.1 Å². The van der Waals surface area contributed by atoms with E-state index in [1.807, 2.05) is 4.90 Å². The molecule has 0 atom stereocenters. The topological polar surface area (TPSA) is 23.6 Å². The second-order valence-corrected chi connectivity index (χ2v) is 5.05. The maximum absolute atomic E-state index is 11.5. The zero-order valence-corrected chi connectivity index (χ0v) is 12.7. The predicted octanol–water partition coefficient (Wildman–Crippen LogP) is 2.30. The van der Waals surface area contributed by atoms with Crippen molar-refractivity contribution in [2.75, 3.05) is 32.1 Å². The molecule has 3 nitrogen and oxygen atoms in total. The largest absolute Gasteiger partial charge is 0.339 e. The van der Waals surface area contributed by atoms with Crippen LogP contribution in [0.5, 0.6) is 0 Å². The number of benzene rings is 1. The summed E-state index contributed by atoms with van der Waals surface area (Å²) in [5.41, 5.74) is 2.63. The number of hydrogen-bond donors (Lipinski definition) is 0. The molecular weight excluding hydrogens is 283 g/mol. The molecule has 0 aliphatic carbocycles. The van der Waals surface area contributed by atoms with Crippen molar-refractivity contribution in [2.45, 2.75) is 13.5 Å². The van der Waals surface area contributed by atoms with Gasteiger partial charge in [0.25, 0.3) is 0 Å². The molecular formula is C14H20Cl2N2O. The van der Waals surface area contributed by atoms with Crippen molar-refractivity contribution in [1.82, 2.24) is 9.80 Å². The third-order valence-corrected chi connectivity index (χ3v) is 3.56. The zero-order chi connectivity index (χ0) is 13.0. The minimum atomic E-state index is 0. The molecule has 1 aliphatic heterocycles. The normalized spacial score (nSPS) is 16.0. The highest BCUT2D eigenvalue weighted by Gasteiger charge is 2.20. The van der Waals surface area contributed by atoms with E-state index in [4.69, 9.17) is 11.6 Å². The molecule has 1 amide bonds. The number of hydrogen-bond acceptors (Lipinski definition) is 2. The maximum Gasteiger partial charge on any atom is 0.237 e. The summed E-state index contributed by atoms with van der Waals surface area (Å²) in [7, 11) is 0. The highest BCUT2D eigenvalue weighted by atomic mass is 35.5. The van der Waals surface area contributed by atoms with E-state index in [0.29, 0.717) is 0 Å². The molecule has 2 rings (SSSR count). The third kappa shape index (κ3) is 4.68. The summed E-state index contributed by atoms with van der Waals surface area (Å²) in [6.07, 6.45) is 0. The first-order valence-electron chi connectivity index (χ1n) is 6.30. The summed E-state index contributed by atoms with van der Waals surface area (Å²) < 4.78 is 0. The maximum atomic E-state index is 11.5. The van der Waals surface area contributed by atoms with Gasteiger partial charge >= 0.3 is 0 Å². The Balaban J connectivity index is 0.00000180. The number of piperazine rings is 1. The Morgan fingerprint density at radius 2 is 1.95 bits per heavy atom. The number of halogens is 2. The van der Waals surface area contributed by atoms with Gasteiger partial charge in [0.1, 0.15) is 5.88 Å². The van der Waals surface area contributed by atoms with Crippen LogP contribution in [0.15, 0.2) is 24.3 Å². The quantitative estimate of drug-likeness (QED) is 0.800. The van der Waals surface area contributed by atoms with Crippen LogP contribution in [-0.2, 0) is 11.3 Å². The minimum absolute atomic E-state index is 0. The first-order chi connectivity index (χ1) is 8.69. The lowest BCUT2D eigenvalue weighted by atomic mass is 10.1. The first kappa shape index (κ1) is 16.3. The molecule has 1 aliphatic rings. The molecule has 1 aromatic rings. The smallest absolute Gasteiger partial charge is 0.237 e. The molecule has 0 saturated carbocycles. The van der Waals surface area contributed by atoms with Crippen molar-refractivity contribution in [3.05, 3.63) is 35.4 Å². The molecule has 5 heteroatoms. The van der Waals surface area contributed by atoms with Gasteiger partial charge in [0, 0.05) is 32.7 Å². The average Bonchev–Trinajstić information content (AvgIpc) is 2.39. The van der Waals surface area contributed by atoms with E-state index in [1.54, 1.807) is 0 Å². The fourth-order valence-electron chi connectivity index (χ4n) is 2.31. The van der Waals surface area contributed by atoms with Crippen LogP contribution >= 0.6 is 24.0 Å². The number of amides is 1. The fourth-order valence-corrected chi connectivity index (χ4v) is 2.48. The number of rotatable bonds is 3. The lowest BCUT2D eigenvalue weighted by Crippen LogP contribution is -2.48. The summed E-state index contributed by atoms with van der Waals surface area (Å²) in [5.74, 6) is 0.143. The molecule has 1 fully saturated rings. The molecule has 0 radical (unpaired) electrons. The van der Waals surface area contributed by atoms with Crippen LogP contribution in [0.25, 0.3) is 0 Å². The van der Waals surface area contributed by atoms with E-state index >= 15 is 0 Å². The van der Waals surface area contributed by atoms with E-state index in [9.17, 15) is 4.79 Å². The van der Waals surface area contributed by atoms with Gasteiger partial charge in [-0.25, -0.2) is 0 Å². The van der Waals surface area contributed by atoms with Gasteiger partial charge in [-0.2, -0.15) is 0 Å². The van der Waals surface area contributed by atoms with E-state index < -0.39 is 0 Å². The Morgan fingerprint density at radius 1 is 1.26 bits per heavy atom. The Kier molecular flexibility index (Phi) is 6.63. The van der Waals surface area contributed by atoms with Crippen LogP contribution in [-0.4, -0.2) is 47.8 Å². The Morgan fingerprint density at radius 3 is 2.53 bits per heavy atom. The van der Waals surface area contributed by atoms with Crippen molar-refractivity contribution in [1.29, 1.82) is 0 Å². The summed E-state index contributed by atoms with van der Waals surface area (Å²) in [6, 6.07) is 8.58. The number of aryl methyl sites for hydroxylation is 1. The summed E-state index contributed by atoms with van der Waals surface area (Å²) >= 11 is 5.56. The van der Waals surface area contributed by atoms with Gasteiger partial charge in [0.2, 0.25) is 5.91 Å². The average molecular weight is 303 g/mol. The second kappa shape index (κ2) is 7.73. The summed E-state index contributed by atoms with van der Waals surface area (Å²) in [5, 5.41) is 0. The van der Waals surface area contributed by atoms with E-state index in [-0.39, 0.29) is 24.2 Å². The SMILES string of the molecule is Cc1cccc(CN2CCN(C(=O)CCl)CC2)c1.Cl. The van der Waals surface area contributed by atoms with Gasteiger partial charge in [-0.1, -0.05) is 29.8 Å². The predicted molar refractivity (Wildman–Crippen MR) is 81.0 cm³/mol. The van der Waals surface area contributed by atoms with Crippen LogP contribution < -0.4 is 0 Å². The second-order valence-electron chi connectivity index (χ2n) is 4.78. The van der Waals surface area contributed by atoms with Crippen molar-refractivity contribution < 1.29 is 4.79 Å². The number of carbonyl (C=O) groups is 1. The monoisotopic (exact) mass is 302 g/mol. The molecule has 0 N–H and O–H groups in total. The fraction of sp³-hybridized carbons (Fsp3) is 0.500. The zero-order valence-electron chi connectivity index (χ0n) is 11.1. The molecule has 0 bridgehead atoms. The van der Waals surface area contributed by atoms with Crippen molar-refractivity contribution >= 4 is 29.9 Å². The molecule has 19 heavy (non-hydrogen) atoms. The van der Waals surface area contributed by atoms with Crippen LogP contribution in [0.2, 0.25) is 0 Å². The highest BCUT2D eigenvalue weighted by molar-refractivity contribution is 6.27. The Bertz CT molecular complexity index is 418. The first-order valence-corrected chi connectivity index (χ1v) is 6.84. The van der Waals surface area contributed by atoms with Crippen LogP contribution in [0.4, 0.5) is 0 Å². The van der Waals surface area contributed by atoms with Gasteiger partial charge in [0.05, 0.1) is 0 Å². The highest BCUT2D eigenvalue weighted by Crippen LogP contribution is 2.10. The Hall–Kier alpha value is -0.770. The molecule has 0 aromatic heterocycles. The third-order valence-electron chi connectivity index (χ3n) is 3.33. The van der Waals surface area contributed by atoms with E-state index in [0.717, 1.165) is 32.7 Å². The number of carbonyl (C=O) groups excluding carboxylic acids is 1. The Labute approximate surface area is 125 Å². The van der Waals surface area contributed by atoms with Gasteiger partial charge in [-0.3, -0.25) is 9.69 Å². The van der Waals surface area contributed by atoms with Crippen molar-refractivity contribution in [3.8, 4) is 0 Å². The van der Waals surface area contributed by atoms with Gasteiger partial charge in [0.15, 0.2) is 0 Å². The van der Waals surface area contributed by atoms with Gasteiger partial charge in [-0.05, 0) is 12.5 Å². The summed E-state index contributed by atoms with van der Waals surface area (Å²) in [6.45, 7) is 6.51. The summed E-state index contributed by atoms with van der Waals surface area (Å²) in [4.78, 5) is 15.7. The van der Waals surface area contributed by atoms with Crippen LogP contribution in [0, 0.1) is 6.92 Å². The molecule has 1 saturated heterocycles. The molecule has 0 unspecified atom stereocenters. The molecule has 1 aromatic carbocycles. The lowest BCUT2D eigenvalue weighted by Gasteiger charge is -2.34. The van der Waals surface area contributed by atoms with Gasteiger partial charge in [-0.15, -0.1) is 24.0 Å². The molecule has 106 valence electrons. The van der Waals surface area contributed by atoms with Gasteiger partial charge < -0.3 is 4.90 Å².